The summed E-state index contributed by atoms with van der Waals surface area (Å²) in [6, 6.07) is -13.1. The van der Waals surface area contributed by atoms with Crippen LogP contribution in [0.5, 0.6) is 11.5 Å². The maximum absolute atomic E-state index is 15.1. The summed E-state index contributed by atoms with van der Waals surface area (Å²) in [6.07, 6.45) is -5.94. The summed E-state index contributed by atoms with van der Waals surface area (Å²) in [7, 11) is 2.97. The van der Waals surface area contributed by atoms with Crippen LogP contribution in [0.2, 0.25) is 0 Å². The van der Waals surface area contributed by atoms with Gasteiger partial charge in [-0.2, -0.15) is 0 Å². The number of phenolic OH excluding ortho intramolecular Hbond substituents is 2. The molecule has 15 amide bonds. The summed E-state index contributed by atoms with van der Waals surface area (Å²) < 4.78 is 0.272. The first-order valence-electron chi connectivity index (χ1n) is 33.2. The normalized spacial score (nSPS) is 24.4. The number of carboxylic acids is 2. The molecule has 0 unspecified atom stereocenters. The van der Waals surface area contributed by atoms with E-state index in [4.69, 9.17) is 28.3 Å². The zero-order chi connectivity index (χ0) is 79.2. The topological polar surface area (TPSA) is 662 Å². The predicted molar refractivity (Wildman–Crippen MR) is 397 cm³/mol. The number of carbonyl (C=O) groups excluding carboxylic acids is 14. The summed E-state index contributed by atoms with van der Waals surface area (Å²) in [5.74, 6) is -21.0. The Labute approximate surface area is 641 Å². The number of amides is 15. The molecule has 0 radical (unpaired) electrons. The minimum absolute atomic E-state index is 0.0727. The van der Waals surface area contributed by atoms with Gasteiger partial charge in [0.15, 0.2) is 5.96 Å². The van der Waals surface area contributed by atoms with E-state index in [9.17, 15) is 87.9 Å². The monoisotopic (exact) mass is 1690 g/mol. The molecule has 5 rings (SSSR count). The van der Waals surface area contributed by atoms with E-state index in [1.54, 1.807) is 22.6 Å². The molecular weight excluding hydrogens is 1600 g/mol. The van der Waals surface area contributed by atoms with E-state index < -0.39 is 241 Å². The zero-order valence-electron chi connectivity index (χ0n) is 57.5. The number of fused-ring (bicyclic) bond motifs is 9. The molecule has 0 saturated carbocycles. The molecule has 0 spiro atoms. The Morgan fingerprint density at radius 2 is 1.17 bits per heavy atom. The summed E-state index contributed by atoms with van der Waals surface area (Å²) in [5, 5.41) is 91.8. The number of aliphatic carboxylic acids is 2. The number of phenols is 2. The first-order chi connectivity index (χ1) is 50.6. The van der Waals surface area contributed by atoms with Crippen LogP contribution in [0.4, 0.5) is 4.79 Å². The summed E-state index contributed by atoms with van der Waals surface area (Å²) in [6.45, 7) is -0.187. The van der Waals surface area contributed by atoms with Crippen LogP contribution < -0.4 is 92.1 Å². The number of aromatic hydroxyl groups is 2. The Balaban J connectivity index is 1.78. The Bertz CT molecular complexity index is 3590. The molecule has 2 bridgehead atoms. The van der Waals surface area contributed by atoms with Crippen LogP contribution in [0.15, 0.2) is 42.5 Å². The Morgan fingerprint density at radius 1 is 0.636 bits per heavy atom. The highest BCUT2D eigenvalue weighted by atomic mass is 127. The van der Waals surface area contributed by atoms with Gasteiger partial charge in [0.1, 0.15) is 84.0 Å². The number of rotatable bonds is 23. The lowest BCUT2D eigenvalue weighted by molar-refractivity contribution is -0.146. The molecule has 3 fully saturated rings. The van der Waals surface area contributed by atoms with Gasteiger partial charge in [0.05, 0.1) is 22.6 Å². The molecule has 40 nitrogen and oxygen atoms in total. The number of guanidine groups is 1. The molecule has 0 aliphatic carbocycles. The van der Waals surface area contributed by atoms with Crippen LogP contribution in [0.25, 0.3) is 0 Å². The van der Waals surface area contributed by atoms with Gasteiger partial charge >= 0.3 is 18.0 Å². The van der Waals surface area contributed by atoms with Crippen LogP contribution >= 0.6 is 65.8 Å². The van der Waals surface area contributed by atoms with Gasteiger partial charge in [-0.15, -0.1) is 0 Å². The lowest BCUT2D eigenvalue weighted by Gasteiger charge is -2.31. The van der Waals surface area contributed by atoms with E-state index in [1.165, 1.54) is 42.5 Å². The van der Waals surface area contributed by atoms with Crippen molar-refractivity contribution in [3.63, 3.8) is 0 Å². The highest BCUT2D eigenvalue weighted by molar-refractivity contribution is 14.1. The summed E-state index contributed by atoms with van der Waals surface area (Å²) in [5.41, 5.74) is 22.7. The largest absolute Gasteiger partial charge is 0.508 e. The lowest BCUT2D eigenvalue weighted by atomic mass is 10.0. The van der Waals surface area contributed by atoms with Crippen LogP contribution in [-0.4, -0.2) is 259 Å². The van der Waals surface area contributed by atoms with Gasteiger partial charge in [0.25, 0.3) is 0 Å². The predicted octanol–water partition coefficient (Wildman–Crippen LogP) is -6.52. The number of urea groups is 1. The molecule has 3 heterocycles. The number of carboxylic acid groups (broad SMARTS) is 2. The molecule has 107 heavy (non-hydrogen) atoms. The SMILES string of the molecule is C[C@@H](O)[C@@H]1NC(=O)[C@@H]2CSSC[C@@H](C(=O)N[C@@H](Cc3ccc(O)cc3)C(=O)O)NC(=O)[C@H](CCC(N)=O)NC(=O)[C@H](Cc3ccc(O)c(I)c3)NC(=O)[C@H](CCCNC(=N)N)NC(=O)[C@H](CSSC[C@@H](NC(=O)CN)C(=O)N2)NC(=O)[C@H](CCCNC(N)=O)NC(=O)[C@@H]2CCCN2C(=O)[C@H](CC(=O)O)NC1=O. The number of hydrogen-bond donors (Lipinski definition) is 23. The molecule has 588 valence electrons. The van der Waals surface area contributed by atoms with E-state index in [-0.39, 0.29) is 78.8 Å². The number of primary amides is 2. The van der Waals surface area contributed by atoms with Crippen LogP contribution in [0, 0.1) is 8.98 Å². The van der Waals surface area contributed by atoms with E-state index in [0.29, 0.717) is 27.2 Å². The number of carbonyl (C=O) groups is 16. The quantitative estimate of drug-likeness (QED) is 0.0162. The number of nitrogens with one attached hydrogen (secondary N) is 14. The fourth-order valence-electron chi connectivity index (χ4n) is 10.8. The fraction of sp³-hybridized carbons (Fsp3) is 0.532. The average molecular weight is 1690 g/mol. The third kappa shape index (κ3) is 29.8. The molecule has 3 saturated heterocycles. The highest BCUT2D eigenvalue weighted by Gasteiger charge is 2.43. The number of nitrogens with zero attached hydrogens (tertiary/aromatic N) is 1. The zero-order valence-corrected chi connectivity index (χ0v) is 62.9. The van der Waals surface area contributed by atoms with Crippen LogP contribution in [0.1, 0.15) is 75.8 Å². The Morgan fingerprint density at radius 3 is 1.76 bits per heavy atom. The van der Waals surface area contributed by atoms with E-state index >= 15 is 14.4 Å². The van der Waals surface area contributed by atoms with Gasteiger partial charge in [-0.1, -0.05) is 61.4 Å². The van der Waals surface area contributed by atoms with Crippen molar-refractivity contribution in [2.45, 2.75) is 156 Å². The fourth-order valence-corrected chi connectivity index (χ4v) is 16.0. The molecule has 3 aliphatic rings. The van der Waals surface area contributed by atoms with E-state index in [0.717, 1.165) is 33.4 Å². The van der Waals surface area contributed by atoms with Gasteiger partial charge in [0, 0.05) is 61.9 Å². The van der Waals surface area contributed by atoms with E-state index in [1.807, 2.05) is 0 Å². The molecule has 2 aromatic rings. The van der Waals surface area contributed by atoms with Crippen molar-refractivity contribution in [3.05, 3.63) is 57.2 Å². The maximum atomic E-state index is 15.1. The number of halogens is 1. The van der Waals surface area contributed by atoms with E-state index in [2.05, 4.69) is 69.1 Å². The molecule has 13 atom stereocenters. The number of nitrogens with two attached hydrogens (primary N) is 4. The van der Waals surface area contributed by atoms with Gasteiger partial charge < -0.3 is 122 Å². The number of aliphatic hydroxyl groups excluding tert-OH is 1. The first kappa shape index (κ1) is 88.3. The smallest absolute Gasteiger partial charge is 0.326 e. The summed E-state index contributed by atoms with van der Waals surface area (Å²) >= 11 is 1.80. The first-order valence-corrected chi connectivity index (χ1v) is 39.3. The van der Waals surface area contributed by atoms with Gasteiger partial charge in [0.2, 0.25) is 76.8 Å². The van der Waals surface area contributed by atoms with Crippen molar-refractivity contribution >= 4 is 166 Å². The third-order valence-electron chi connectivity index (χ3n) is 16.3. The third-order valence-corrected chi connectivity index (χ3v) is 22.1. The number of benzene rings is 2. The molecule has 3 aliphatic heterocycles. The van der Waals surface area contributed by atoms with Crippen molar-refractivity contribution in [2.75, 3.05) is 49.2 Å². The molecular formula is C62H88IN19O21S4. The van der Waals surface area contributed by atoms with Crippen molar-refractivity contribution in [1.29, 1.82) is 5.41 Å². The molecule has 0 aromatic heterocycles. The second-order valence-electron chi connectivity index (χ2n) is 24.6. The molecule has 27 N–H and O–H groups in total. The van der Waals surface area contributed by atoms with Crippen molar-refractivity contribution in [2.24, 2.45) is 22.9 Å². The maximum Gasteiger partial charge on any atom is 0.326 e. The molecule has 45 heteroatoms. The second kappa shape index (κ2) is 44.1. The van der Waals surface area contributed by atoms with Crippen molar-refractivity contribution in [1.82, 2.24) is 74.0 Å². The number of hydrogen-bond acceptors (Lipinski definition) is 25. The van der Waals surface area contributed by atoms with Crippen molar-refractivity contribution in [3.8, 4) is 11.5 Å². The Hall–Kier alpha value is -9.32. The minimum Gasteiger partial charge on any atom is -0.508 e. The summed E-state index contributed by atoms with van der Waals surface area (Å²) in [4.78, 5) is 226. The van der Waals surface area contributed by atoms with Crippen LogP contribution in [-0.2, 0) is 84.8 Å². The van der Waals surface area contributed by atoms with Gasteiger partial charge in [-0.05, 0) is 110 Å². The number of aliphatic hydroxyl groups is 1. The van der Waals surface area contributed by atoms with Gasteiger partial charge in [-0.3, -0.25) is 72.5 Å². The van der Waals surface area contributed by atoms with Crippen LogP contribution in [0.3, 0.4) is 0 Å². The highest BCUT2D eigenvalue weighted by Crippen LogP contribution is 2.28. The van der Waals surface area contributed by atoms with Gasteiger partial charge in [-0.25, -0.2) is 9.59 Å². The lowest BCUT2D eigenvalue weighted by Crippen LogP contribution is -2.62. The second-order valence-corrected chi connectivity index (χ2v) is 30.9. The molecule has 2 aromatic carbocycles. The minimum atomic E-state index is -2.09. The average Bonchev–Trinajstić information content (AvgIpc) is 1.79. The Kier molecular flexibility index (Phi) is 36.4. The standard InChI is InChI=1S/C62H88IN19O21S4/c1-28(83)48-58(99)76-37(22-47(88)89)59(100)82-18-4-7-43(82)57(98)74-34(6-3-17-70-62(68)103)50(91)78-40-25-105-104-24-39(71-46(87)23-64)53(94)80-42(56(97)81-48)27-107-106-26-41(55(96)77-38(60(101)102)20-29-8-11-31(84)12-9-29)79-51(92)35(13-15-45(65)86)73-52(93)36(21-30-10-14-44(85)32(63)19-30)75-49(90)33(72-54(40)95)5-2-16-69-61(66)67/h8-12,14,19,28,33-43,48,83-85H,2-7,13,15-18,20-27,64H2,1H3,(H2,65,86)(H,71,87)(H,72,95)(H,73,93)(H,74,98)(H,75,90)(H,76,99)(H,77,96)(H,78,91)(H,79,92)(H,80,94)(H,81,97)(H,88,89)(H,101,102)(H4,66,67,69)(H3,68,70,103)/t28-,33+,34+,35+,36+,37+,38+,39-,40+,41+,42+,43+,48+/m1/s1. The van der Waals surface area contributed by atoms with Crippen molar-refractivity contribution < 1.29 is 102 Å².